The highest BCUT2D eigenvalue weighted by Crippen LogP contribution is 2.44. The molecule has 6 heteroatoms. The van der Waals surface area contributed by atoms with Crippen LogP contribution in [0.25, 0.3) is 22.2 Å². The maximum Gasteiger partial charge on any atom is 0.335 e. The third-order valence-corrected chi connectivity index (χ3v) is 6.27. The number of hydrogen-bond donors (Lipinski definition) is 1. The maximum atomic E-state index is 13.7. The molecule has 0 saturated heterocycles. The molecule has 5 nitrogen and oxygen atoms in total. The molecule has 1 aliphatic rings. The van der Waals surface area contributed by atoms with Crippen LogP contribution in [-0.4, -0.2) is 40.5 Å². The number of rotatable bonds is 5. The van der Waals surface area contributed by atoms with Crippen LogP contribution in [0.5, 0.6) is 0 Å². The summed E-state index contributed by atoms with van der Waals surface area (Å²) in [6.07, 6.45) is 5.60. The normalized spacial score (nSPS) is 14.7. The number of aromatic carboxylic acids is 1. The number of likely N-dealkylation sites (N-methyl/N-ethyl adjacent to an activating group) is 1. The van der Waals surface area contributed by atoms with Crippen LogP contribution in [-0.2, 0) is 11.3 Å². The second-order valence-electron chi connectivity index (χ2n) is 8.52. The summed E-state index contributed by atoms with van der Waals surface area (Å²) in [5.74, 6) is -1.09. The van der Waals surface area contributed by atoms with Crippen molar-refractivity contribution in [3.63, 3.8) is 0 Å². The van der Waals surface area contributed by atoms with Crippen molar-refractivity contribution >= 4 is 22.8 Å². The fraction of sp³-hybridized carbons (Fsp3) is 0.360. The number of benzene rings is 2. The molecule has 1 heterocycles. The Morgan fingerprint density at radius 3 is 2.35 bits per heavy atom. The first-order valence-corrected chi connectivity index (χ1v) is 10.7. The van der Waals surface area contributed by atoms with E-state index in [0.717, 1.165) is 53.4 Å². The van der Waals surface area contributed by atoms with Crippen LogP contribution >= 0.6 is 0 Å². The number of amides is 1. The predicted octanol–water partition coefficient (Wildman–Crippen LogP) is 5.28. The van der Waals surface area contributed by atoms with E-state index in [1.807, 2.05) is 10.6 Å². The molecule has 4 rings (SSSR count). The molecule has 0 atom stereocenters. The van der Waals surface area contributed by atoms with Gasteiger partial charge in [0.2, 0.25) is 5.91 Å². The van der Waals surface area contributed by atoms with Gasteiger partial charge in [0.1, 0.15) is 12.4 Å². The van der Waals surface area contributed by atoms with Gasteiger partial charge in [0, 0.05) is 19.5 Å². The van der Waals surface area contributed by atoms with Gasteiger partial charge in [-0.2, -0.15) is 0 Å². The summed E-state index contributed by atoms with van der Waals surface area (Å²) in [6, 6.07) is 11.5. The molecular formula is C25H27FN2O3. The fourth-order valence-electron chi connectivity index (χ4n) is 4.67. The van der Waals surface area contributed by atoms with E-state index in [9.17, 15) is 19.1 Å². The Hall–Kier alpha value is -3.15. The van der Waals surface area contributed by atoms with Crippen molar-refractivity contribution in [3.8, 4) is 11.3 Å². The van der Waals surface area contributed by atoms with Crippen molar-refractivity contribution < 1.29 is 19.1 Å². The predicted molar refractivity (Wildman–Crippen MR) is 119 cm³/mol. The minimum Gasteiger partial charge on any atom is -0.478 e. The highest BCUT2D eigenvalue weighted by Gasteiger charge is 2.28. The van der Waals surface area contributed by atoms with Crippen molar-refractivity contribution in [1.82, 2.24) is 9.47 Å². The van der Waals surface area contributed by atoms with Crippen LogP contribution in [0.1, 0.15) is 53.9 Å². The topological polar surface area (TPSA) is 62.5 Å². The molecule has 1 fully saturated rings. The zero-order valence-electron chi connectivity index (χ0n) is 17.9. The van der Waals surface area contributed by atoms with Crippen LogP contribution < -0.4 is 0 Å². The van der Waals surface area contributed by atoms with Crippen LogP contribution in [0.4, 0.5) is 4.39 Å². The smallest absolute Gasteiger partial charge is 0.335 e. The fourth-order valence-corrected chi connectivity index (χ4v) is 4.67. The molecule has 162 valence electrons. The minimum atomic E-state index is -1.00. The summed E-state index contributed by atoms with van der Waals surface area (Å²) in [6.45, 7) is 0.0893. The van der Waals surface area contributed by atoms with Gasteiger partial charge in [-0.1, -0.05) is 25.3 Å². The van der Waals surface area contributed by atoms with Crippen molar-refractivity contribution in [2.24, 2.45) is 0 Å². The molecule has 3 aromatic rings. The van der Waals surface area contributed by atoms with E-state index < -0.39 is 5.97 Å². The first kappa shape index (κ1) is 21.1. The highest BCUT2D eigenvalue weighted by atomic mass is 19.1. The number of aromatic nitrogens is 1. The van der Waals surface area contributed by atoms with Gasteiger partial charge < -0.3 is 14.6 Å². The summed E-state index contributed by atoms with van der Waals surface area (Å²) >= 11 is 0. The summed E-state index contributed by atoms with van der Waals surface area (Å²) in [7, 11) is 3.41. The van der Waals surface area contributed by atoms with Crippen molar-refractivity contribution in [1.29, 1.82) is 0 Å². The zero-order valence-corrected chi connectivity index (χ0v) is 17.9. The number of carboxylic acids is 1. The standard InChI is InChI=1S/C25H27FN2O3/c1-27(2)22(29)15-28-21-14-18(25(30)31)10-13-20(21)23(16-6-4-3-5-7-16)24(28)17-8-11-19(26)12-9-17/h8-14,16H,3-7,15H2,1-2H3,(H,30,31). The second-order valence-corrected chi connectivity index (χ2v) is 8.52. The van der Waals surface area contributed by atoms with Gasteiger partial charge in [-0.25, -0.2) is 9.18 Å². The number of hydrogen-bond acceptors (Lipinski definition) is 2. The van der Waals surface area contributed by atoms with Gasteiger partial charge in [-0.15, -0.1) is 0 Å². The first-order valence-electron chi connectivity index (χ1n) is 10.7. The number of carbonyl (C=O) groups excluding carboxylic acids is 1. The van der Waals surface area contributed by atoms with E-state index in [2.05, 4.69) is 0 Å². The number of nitrogens with zero attached hydrogens (tertiary/aromatic N) is 2. The summed E-state index contributed by atoms with van der Waals surface area (Å²) in [5.41, 5.74) is 3.78. The van der Waals surface area contributed by atoms with Crippen molar-refractivity contribution in [3.05, 3.63) is 59.4 Å². The molecule has 2 aromatic carbocycles. The molecule has 1 N–H and O–H groups in total. The van der Waals surface area contributed by atoms with Crippen LogP contribution in [0, 0.1) is 5.82 Å². The molecule has 0 radical (unpaired) electrons. The summed E-state index contributed by atoms with van der Waals surface area (Å²) < 4.78 is 15.6. The van der Waals surface area contributed by atoms with Gasteiger partial charge in [-0.3, -0.25) is 4.79 Å². The second kappa shape index (κ2) is 8.53. The van der Waals surface area contributed by atoms with E-state index in [1.165, 1.54) is 23.5 Å². The number of halogens is 1. The molecule has 31 heavy (non-hydrogen) atoms. The number of fused-ring (bicyclic) bond motifs is 1. The SMILES string of the molecule is CN(C)C(=O)Cn1c(-c2ccc(F)cc2)c(C2CCCCC2)c2ccc(C(=O)O)cc21. The lowest BCUT2D eigenvalue weighted by Crippen LogP contribution is -2.26. The molecule has 1 amide bonds. The molecular weight excluding hydrogens is 395 g/mol. The third-order valence-electron chi connectivity index (χ3n) is 6.27. The minimum absolute atomic E-state index is 0.0869. The third kappa shape index (κ3) is 4.07. The zero-order chi connectivity index (χ0) is 22.1. The summed E-state index contributed by atoms with van der Waals surface area (Å²) in [4.78, 5) is 25.9. The Labute approximate surface area is 181 Å². The van der Waals surface area contributed by atoms with Gasteiger partial charge in [-0.05, 0) is 66.3 Å². The van der Waals surface area contributed by atoms with Gasteiger partial charge in [0.15, 0.2) is 0 Å². The molecule has 0 unspecified atom stereocenters. The lowest BCUT2D eigenvalue weighted by Gasteiger charge is -2.24. The Balaban J connectivity index is 2.03. The van der Waals surface area contributed by atoms with E-state index >= 15 is 0 Å². The van der Waals surface area contributed by atoms with Crippen LogP contribution in [0.3, 0.4) is 0 Å². The highest BCUT2D eigenvalue weighted by molar-refractivity contribution is 5.99. The van der Waals surface area contributed by atoms with E-state index in [1.54, 1.807) is 38.4 Å². The van der Waals surface area contributed by atoms with Crippen LogP contribution in [0.2, 0.25) is 0 Å². The average Bonchev–Trinajstić information content (AvgIpc) is 3.08. The summed E-state index contributed by atoms with van der Waals surface area (Å²) in [5, 5.41) is 10.5. The number of carboxylic acid groups (broad SMARTS) is 1. The van der Waals surface area contributed by atoms with Crippen molar-refractivity contribution in [2.45, 2.75) is 44.6 Å². The largest absolute Gasteiger partial charge is 0.478 e. The molecule has 0 spiro atoms. The molecule has 0 aliphatic heterocycles. The Kier molecular flexibility index (Phi) is 5.81. The van der Waals surface area contributed by atoms with E-state index in [4.69, 9.17) is 0 Å². The van der Waals surface area contributed by atoms with Gasteiger partial charge in [0.25, 0.3) is 0 Å². The lowest BCUT2D eigenvalue weighted by atomic mass is 9.82. The Morgan fingerprint density at radius 2 is 1.74 bits per heavy atom. The first-order chi connectivity index (χ1) is 14.9. The quantitative estimate of drug-likeness (QED) is 0.608. The molecule has 1 aliphatic carbocycles. The molecule has 1 aromatic heterocycles. The monoisotopic (exact) mass is 422 g/mol. The van der Waals surface area contributed by atoms with Crippen molar-refractivity contribution in [2.75, 3.05) is 14.1 Å². The molecule has 1 saturated carbocycles. The Morgan fingerprint density at radius 1 is 1.06 bits per heavy atom. The van der Waals surface area contributed by atoms with E-state index in [0.29, 0.717) is 5.92 Å². The number of carbonyl (C=O) groups is 2. The van der Waals surface area contributed by atoms with Gasteiger partial charge >= 0.3 is 5.97 Å². The average molecular weight is 423 g/mol. The Bertz CT molecular complexity index is 1130. The lowest BCUT2D eigenvalue weighted by molar-refractivity contribution is -0.129. The molecule has 0 bridgehead atoms. The van der Waals surface area contributed by atoms with Gasteiger partial charge in [0.05, 0.1) is 16.8 Å². The van der Waals surface area contributed by atoms with E-state index in [-0.39, 0.29) is 23.8 Å². The maximum absolute atomic E-state index is 13.7. The van der Waals surface area contributed by atoms with Crippen LogP contribution in [0.15, 0.2) is 42.5 Å².